The van der Waals surface area contributed by atoms with Gasteiger partial charge in [0.15, 0.2) is 0 Å². The lowest BCUT2D eigenvalue weighted by Crippen LogP contribution is -2.29. The van der Waals surface area contributed by atoms with Gasteiger partial charge in [0.1, 0.15) is 0 Å². The maximum absolute atomic E-state index is 5.48. The summed E-state index contributed by atoms with van der Waals surface area (Å²) < 4.78 is 1.34. The van der Waals surface area contributed by atoms with Crippen molar-refractivity contribution in [3.8, 4) is 12.3 Å². The summed E-state index contributed by atoms with van der Waals surface area (Å²) in [5.74, 6) is 2.78. The zero-order valence-electron chi connectivity index (χ0n) is 10.2. The first-order chi connectivity index (χ1) is 8.24. The zero-order valence-corrected chi connectivity index (χ0v) is 11.1. The SMILES string of the molecule is C#CC(CC)NC(C)c1cc2ccccc2s1. The molecular formula is C15H17NS. The molecule has 0 bridgehead atoms. The largest absolute Gasteiger partial charge is 0.296 e. The standard InChI is InChI=1S/C15H17NS/c1-4-13(5-2)16-11(3)15-10-12-8-6-7-9-14(12)17-15/h1,6-11,13,16H,5H2,2-3H3. The third-order valence-electron chi connectivity index (χ3n) is 2.93. The Morgan fingerprint density at radius 1 is 1.41 bits per heavy atom. The molecule has 0 radical (unpaired) electrons. The monoisotopic (exact) mass is 243 g/mol. The molecule has 1 N–H and O–H groups in total. The van der Waals surface area contributed by atoms with Crippen LogP contribution in [0.25, 0.3) is 10.1 Å². The molecule has 1 nitrogen and oxygen atoms in total. The van der Waals surface area contributed by atoms with Crippen LogP contribution < -0.4 is 5.32 Å². The molecule has 2 aromatic rings. The van der Waals surface area contributed by atoms with Crippen molar-refractivity contribution in [3.63, 3.8) is 0 Å². The first kappa shape index (κ1) is 12.2. The molecule has 1 aromatic carbocycles. The molecule has 17 heavy (non-hydrogen) atoms. The molecule has 0 aliphatic rings. The number of rotatable bonds is 4. The summed E-state index contributed by atoms with van der Waals surface area (Å²) >= 11 is 1.84. The fraction of sp³-hybridized carbons (Fsp3) is 0.333. The van der Waals surface area contributed by atoms with Crippen LogP contribution in [0.15, 0.2) is 30.3 Å². The zero-order chi connectivity index (χ0) is 12.3. The molecule has 1 heterocycles. The maximum atomic E-state index is 5.48. The Morgan fingerprint density at radius 2 is 2.18 bits per heavy atom. The topological polar surface area (TPSA) is 12.0 Å². The molecule has 88 valence electrons. The van der Waals surface area contributed by atoms with Crippen LogP contribution in [0.2, 0.25) is 0 Å². The van der Waals surface area contributed by atoms with E-state index in [0.717, 1.165) is 6.42 Å². The van der Waals surface area contributed by atoms with Gasteiger partial charge in [-0.2, -0.15) is 0 Å². The van der Waals surface area contributed by atoms with Gasteiger partial charge < -0.3 is 0 Å². The normalized spacial score (nSPS) is 14.4. The molecule has 0 saturated heterocycles. The van der Waals surface area contributed by atoms with E-state index in [9.17, 15) is 0 Å². The summed E-state index contributed by atoms with van der Waals surface area (Å²) in [5.41, 5.74) is 0. The third kappa shape index (κ3) is 2.69. The molecular weight excluding hydrogens is 226 g/mol. The second-order valence-corrected chi connectivity index (χ2v) is 5.32. The van der Waals surface area contributed by atoms with Crippen LogP contribution in [0.4, 0.5) is 0 Å². The van der Waals surface area contributed by atoms with Gasteiger partial charge in [-0.15, -0.1) is 17.8 Å². The number of hydrogen-bond acceptors (Lipinski definition) is 2. The Bertz CT molecular complexity index is 502. The minimum atomic E-state index is 0.162. The molecule has 0 aliphatic carbocycles. The molecule has 2 rings (SSSR count). The molecule has 0 spiro atoms. The second-order valence-electron chi connectivity index (χ2n) is 4.20. The third-order valence-corrected chi connectivity index (χ3v) is 4.23. The van der Waals surface area contributed by atoms with Gasteiger partial charge in [-0.3, -0.25) is 5.32 Å². The lowest BCUT2D eigenvalue weighted by Gasteiger charge is -2.16. The number of fused-ring (bicyclic) bond motifs is 1. The number of nitrogens with one attached hydrogen (secondary N) is 1. The van der Waals surface area contributed by atoms with E-state index >= 15 is 0 Å². The van der Waals surface area contributed by atoms with Crippen molar-refractivity contribution in [2.24, 2.45) is 0 Å². The van der Waals surface area contributed by atoms with Crippen LogP contribution in [-0.4, -0.2) is 6.04 Å². The number of thiophene rings is 1. The molecule has 1 aromatic heterocycles. The summed E-state index contributed by atoms with van der Waals surface area (Å²) in [4.78, 5) is 1.35. The fourth-order valence-electron chi connectivity index (χ4n) is 1.88. The summed E-state index contributed by atoms with van der Waals surface area (Å²) in [7, 11) is 0. The minimum absolute atomic E-state index is 0.162. The van der Waals surface area contributed by atoms with Crippen LogP contribution >= 0.6 is 11.3 Å². The van der Waals surface area contributed by atoms with Crippen LogP contribution in [0.3, 0.4) is 0 Å². The van der Waals surface area contributed by atoms with Gasteiger partial charge in [-0.25, -0.2) is 0 Å². The van der Waals surface area contributed by atoms with Gasteiger partial charge in [0.25, 0.3) is 0 Å². The molecule has 0 amide bonds. The lowest BCUT2D eigenvalue weighted by molar-refractivity contribution is 0.518. The van der Waals surface area contributed by atoms with E-state index in [0.29, 0.717) is 6.04 Å². The van der Waals surface area contributed by atoms with Gasteiger partial charge in [-0.05, 0) is 30.9 Å². The molecule has 0 aliphatic heterocycles. The van der Waals surface area contributed by atoms with E-state index < -0.39 is 0 Å². The number of terminal acetylenes is 1. The predicted molar refractivity (Wildman–Crippen MR) is 76.3 cm³/mol. The van der Waals surface area contributed by atoms with Crippen molar-refractivity contribution >= 4 is 21.4 Å². The highest BCUT2D eigenvalue weighted by atomic mass is 32.1. The Kier molecular flexibility index (Phi) is 3.83. The maximum Gasteiger partial charge on any atom is 0.0689 e. The van der Waals surface area contributed by atoms with E-state index in [1.165, 1.54) is 15.0 Å². The summed E-state index contributed by atoms with van der Waals surface area (Å²) in [5, 5.41) is 4.78. The highest BCUT2D eigenvalue weighted by molar-refractivity contribution is 7.19. The van der Waals surface area contributed by atoms with E-state index in [2.05, 4.69) is 55.4 Å². The Labute approximate surface area is 107 Å². The molecule has 0 saturated carbocycles. The quantitative estimate of drug-likeness (QED) is 0.801. The predicted octanol–water partition coefficient (Wildman–Crippen LogP) is 3.96. The summed E-state index contributed by atoms with van der Waals surface area (Å²) in [6.07, 6.45) is 6.44. The Hall–Kier alpha value is -1.30. The summed E-state index contributed by atoms with van der Waals surface area (Å²) in [6, 6.07) is 11.2. The first-order valence-corrected chi connectivity index (χ1v) is 6.77. The van der Waals surface area contributed by atoms with Crippen LogP contribution in [0.5, 0.6) is 0 Å². The first-order valence-electron chi connectivity index (χ1n) is 5.95. The fourth-order valence-corrected chi connectivity index (χ4v) is 2.96. The van der Waals surface area contributed by atoms with Gasteiger partial charge in [0.2, 0.25) is 0 Å². The van der Waals surface area contributed by atoms with Crippen LogP contribution in [0.1, 0.15) is 31.2 Å². The van der Waals surface area contributed by atoms with Crippen molar-refractivity contribution in [1.29, 1.82) is 0 Å². The van der Waals surface area contributed by atoms with E-state index in [1.807, 2.05) is 11.3 Å². The van der Waals surface area contributed by atoms with Gasteiger partial charge >= 0.3 is 0 Å². The van der Waals surface area contributed by atoms with Crippen molar-refractivity contribution < 1.29 is 0 Å². The minimum Gasteiger partial charge on any atom is -0.296 e. The van der Waals surface area contributed by atoms with Crippen molar-refractivity contribution in [2.45, 2.75) is 32.4 Å². The smallest absolute Gasteiger partial charge is 0.0689 e. The van der Waals surface area contributed by atoms with Gasteiger partial charge in [-0.1, -0.05) is 31.0 Å². The molecule has 0 fully saturated rings. The number of hydrogen-bond donors (Lipinski definition) is 1. The van der Waals surface area contributed by atoms with E-state index in [4.69, 9.17) is 6.42 Å². The van der Waals surface area contributed by atoms with Crippen molar-refractivity contribution in [2.75, 3.05) is 0 Å². The molecule has 2 heteroatoms. The highest BCUT2D eigenvalue weighted by Gasteiger charge is 2.12. The number of benzene rings is 1. The lowest BCUT2D eigenvalue weighted by atomic mass is 10.1. The van der Waals surface area contributed by atoms with Gasteiger partial charge in [0.05, 0.1) is 6.04 Å². The molecule has 2 atom stereocenters. The average molecular weight is 243 g/mol. The van der Waals surface area contributed by atoms with E-state index in [1.54, 1.807) is 0 Å². The van der Waals surface area contributed by atoms with Crippen molar-refractivity contribution in [3.05, 3.63) is 35.2 Å². The summed E-state index contributed by atoms with van der Waals surface area (Å²) in [6.45, 7) is 4.28. The molecule has 2 unspecified atom stereocenters. The average Bonchev–Trinajstić information content (AvgIpc) is 2.79. The Balaban J connectivity index is 2.19. The van der Waals surface area contributed by atoms with Crippen molar-refractivity contribution in [1.82, 2.24) is 5.32 Å². The van der Waals surface area contributed by atoms with Gasteiger partial charge in [0, 0.05) is 15.6 Å². The highest BCUT2D eigenvalue weighted by Crippen LogP contribution is 2.29. The van der Waals surface area contributed by atoms with Crippen LogP contribution in [-0.2, 0) is 0 Å². The second kappa shape index (κ2) is 5.35. The van der Waals surface area contributed by atoms with Crippen LogP contribution in [0, 0.1) is 12.3 Å². The Morgan fingerprint density at radius 3 is 2.82 bits per heavy atom. The van der Waals surface area contributed by atoms with E-state index in [-0.39, 0.29) is 6.04 Å².